The molecule has 0 radical (unpaired) electrons. The summed E-state index contributed by atoms with van der Waals surface area (Å²) < 4.78 is 5.21. The first-order valence-corrected chi connectivity index (χ1v) is 9.41. The quantitative estimate of drug-likeness (QED) is 0.639. The van der Waals surface area contributed by atoms with Crippen LogP contribution in [0.1, 0.15) is 35.1 Å². The number of ether oxygens (including phenoxy) is 1. The van der Waals surface area contributed by atoms with Crippen LogP contribution < -0.4 is 5.32 Å². The van der Waals surface area contributed by atoms with Crippen molar-refractivity contribution in [2.75, 3.05) is 6.54 Å². The third kappa shape index (κ3) is 3.23. The van der Waals surface area contributed by atoms with E-state index in [1.807, 2.05) is 30.3 Å². The second kappa shape index (κ2) is 7.40. The van der Waals surface area contributed by atoms with E-state index >= 15 is 0 Å². The summed E-state index contributed by atoms with van der Waals surface area (Å²) >= 11 is 0. The predicted octanol–water partition coefficient (Wildman–Crippen LogP) is 2.39. The lowest BCUT2D eigenvalue weighted by Gasteiger charge is -2.33. The van der Waals surface area contributed by atoms with Crippen LogP contribution in [0, 0.1) is 11.3 Å². The zero-order valence-electron chi connectivity index (χ0n) is 15.7. The lowest BCUT2D eigenvalue weighted by molar-refractivity contribution is -0.149. The summed E-state index contributed by atoms with van der Waals surface area (Å²) in [4.78, 5) is 38.9. The maximum Gasteiger partial charge on any atom is 0.326 e. The van der Waals surface area contributed by atoms with Gasteiger partial charge >= 0.3 is 12.0 Å². The highest BCUT2D eigenvalue weighted by Gasteiger charge is 2.54. The maximum atomic E-state index is 13.2. The summed E-state index contributed by atoms with van der Waals surface area (Å²) in [7, 11) is 0. The third-order valence-electron chi connectivity index (χ3n) is 5.46. The molecule has 2 aromatic rings. The van der Waals surface area contributed by atoms with Gasteiger partial charge in [0.15, 0.2) is 0 Å². The molecular weight excluding hydrogens is 370 g/mol. The highest BCUT2D eigenvalue weighted by Crippen LogP contribution is 2.39. The lowest BCUT2D eigenvalue weighted by atomic mass is 9.76. The number of amides is 3. The van der Waals surface area contributed by atoms with Crippen LogP contribution >= 0.6 is 0 Å². The number of carbonyl (C=O) groups is 3. The molecule has 0 saturated carbocycles. The van der Waals surface area contributed by atoms with Gasteiger partial charge < -0.3 is 10.1 Å². The van der Waals surface area contributed by atoms with E-state index < -0.39 is 30.0 Å². The third-order valence-corrected chi connectivity index (χ3v) is 5.46. The molecule has 7 heteroatoms. The Bertz CT molecular complexity index is 1040. The van der Waals surface area contributed by atoms with Crippen LogP contribution in [0.5, 0.6) is 0 Å². The fourth-order valence-corrected chi connectivity index (χ4v) is 4.04. The molecule has 146 valence electrons. The van der Waals surface area contributed by atoms with Crippen molar-refractivity contribution in [3.63, 3.8) is 0 Å². The van der Waals surface area contributed by atoms with Gasteiger partial charge in [0, 0.05) is 5.56 Å². The number of nitrogens with one attached hydrogen (secondary N) is 1. The van der Waals surface area contributed by atoms with E-state index in [2.05, 4.69) is 5.32 Å². The van der Waals surface area contributed by atoms with E-state index in [0.29, 0.717) is 17.5 Å². The fraction of sp³-hybridized carbons (Fsp3) is 0.273. The number of hydrogen-bond donors (Lipinski definition) is 1. The zero-order chi connectivity index (χ0) is 20.4. The lowest BCUT2D eigenvalue weighted by Crippen LogP contribution is -2.46. The first-order chi connectivity index (χ1) is 14.0. The first kappa shape index (κ1) is 18.7. The minimum Gasteiger partial charge on any atom is -0.459 e. The molecule has 2 aliphatic rings. The Kier molecular flexibility index (Phi) is 4.77. The van der Waals surface area contributed by atoms with Crippen LogP contribution in [0.3, 0.4) is 0 Å². The Morgan fingerprint density at radius 2 is 1.93 bits per heavy atom. The Morgan fingerprint density at radius 1 is 1.17 bits per heavy atom. The number of rotatable bonds is 4. The van der Waals surface area contributed by atoms with Crippen molar-refractivity contribution < 1.29 is 19.1 Å². The van der Waals surface area contributed by atoms with E-state index in [0.717, 1.165) is 28.9 Å². The number of nitriles is 1. The normalized spacial score (nSPS) is 20.2. The minimum absolute atomic E-state index is 0.0970. The van der Waals surface area contributed by atoms with Gasteiger partial charge in [0.05, 0.1) is 11.6 Å². The van der Waals surface area contributed by atoms with E-state index in [-0.39, 0.29) is 6.61 Å². The van der Waals surface area contributed by atoms with Gasteiger partial charge in [-0.15, -0.1) is 0 Å². The predicted molar refractivity (Wildman–Crippen MR) is 102 cm³/mol. The van der Waals surface area contributed by atoms with Crippen LogP contribution in [-0.4, -0.2) is 29.4 Å². The topological polar surface area (TPSA) is 99.5 Å². The number of hydrogen-bond acceptors (Lipinski definition) is 5. The van der Waals surface area contributed by atoms with Crippen LogP contribution in [0.4, 0.5) is 4.79 Å². The summed E-state index contributed by atoms with van der Waals surface area (Å²) in [5.74, 6) is -1.13. The molecule has 0 unspecified atom stereocenters. The fourth-order valence-electron chi connectivity index (χ4n) is 4.04. The minimum atomic E-state index is -1.11. The number of carbonyl (C=O) groups excluding carboxylic acids is 3. The van der Waals surface area contributed by atoms with Crippen molar-refractivity contribution in [1.82, 2.24) is 10.2 Å². The molecule has 1 aliphatic carbocycles. The van der Waals surface area contributed by atoms with Gasteiger partial charge in [0.1, 0.15) is 18.7 Å². The Labute approximate surface area is 167 Å². The molecule has 1 saturated heterocycles. The summed E-state index contributed by atoms with van der Waals surface area (Å²) in [6.45, 7) is -0.566. The van der Waals surface area contributed by atoms with E-state index in [1.165, 1.54) is 0 Å². The van der Waals surface area contributed by atoms with E-state index in [4.69, 9.17) is 10.00 Å². The molecule has 2 aromatic carbocycles. The molecule has 29 heavy (non-hydrogen) atoms. The standard InChI is InChI=1S/C22H19N3O4/c23-12-16-7-1-2-8-17(16)14-29-19(26)13-25-20(27)22(24-21(25)28)11-5-9-15-6-3-4-10-18(15)22/h1-4,6-8,10H,5,9,11,13-14H2,(H,24,28)/t22-/m0/s1. The number of nitrogens with zero attached hydrogens (tertiary/aromatic N) is 2. The van der Waals surface area contributed by atoms with E-state index in [1.54, 1.807) is 24.3 Å². The van der Waals surface area contributed by atoms with Crippen molar-refractivity contribution in [3.8, 4) is 6.07 Å². The smallest absolute Gasteiger partial charge is 0.326 e. The molecule has 1 fully saturated rings. The van der Waals surface area contributed by atoms with Gasteiger partial charge in [0.2, 0.25) is 0 Å². The number of fused-ring (bicyclic) bond motifs is 2. The van der Waals surface area contributed by atoms with Gasteiger partial charge in [0.25, 0.3) is 5.91 Å². The van der Waals surface area contributed by atoms with Crippen LogP contribution in [0.25, 0.3) is 0 Å². The van der Waals surface area contributed by atoms with Gasteiger partial charge in [-0.2, -0.15) is 5.26 Å². The Morgan fingerprint density at radius 3 is 2.76 bits per heavy atom. The summed E-state index contributed by atoms with van der Waals surface area (Å²) in [6.07, 6.45) is 2.11. The maximum absolute atomic E-state index is 13.2. The molecule has 3 amide bonds. The summed E-state index contributed by atoms with van der Waals surface area (Å²) in [5, 5.41) is 11.9. The average Bonchev–Trinajstić information content (AvgIpc) is 2.97. The van der Waals surface area contributed by atoms with Crippen molar-refractivity contribution >= 4 is 17.9 Å². The molecule has 1 N–H and O–H groups in total. The second-order valence-corrected chi connectivity index (χ2v) is 7.17. The van der Waals surface area contributed by atoms with Gasteiger partial charge in [-0.1, -0.05) is 42.5 Å². The molecule has 7 nitrogen and oxygen atoms in total. The molecule has 1 heterocycles. The molecule has 0 aromatic heterocycles. The molecule has 1 aliphatic heterocycles. The highest BCUT2D eigenvalue weighted by atomic mass is 16.5. The Balaban J connectivity index is 1.48. The van der Waals surface area contributed by atoms with Gasteiger partial charge in [-0.25, -0.2) is 4.79 Å². The Hall–Kier alpha value is -3.66. The average molecular weight is 389 g/mol. The SMILES string of the molecule is N#Cc1ccccc1COC(=O)CN1C(=O)N[C@]2(CCCc3ccccc32)C1=O. The monoisotopic (exact) mass is 389 g/mol. The summed E-state index contributed by atoms with van der Waals surface area (Å²) in [6, 6.07) is 15.8. The molecule has 1 atom stereocenters. The number of aryl methyl sites for hydroxylation is 1. The van der Waals surface area contributed by atoms with E-state index in [9.17, 15) is 14.4 Å². The number of urea groups is 1. The molecular formula is C22H19N3O4. The van der Waals surface area contributed by atoms with Crippen molar-refractivity contribution in [2.24, 2.45) is 0 Å². The van der Waals surface area contributed by atoms with Gasteiger partial charge in [-0.3, -0.25) is 14.5 Å². The molecule has 1 spiro atoms. The number of esters is 1. The molecule has 0 bridgehead atoms. The van der Waals surface area contributed by atoms with Crippen LogP contribution in [-0.2, 0) is 32.9 Å². The van der Waals surface area contributed by atoms with Crippen LogP contribution in [0.15, 0.2) is 48.5 Å². The zero-order valence-corrected chi connectivity index (χ0v) is 15.7. The largest absolute Gasteiger partial charge is 0.459 e. The van der Waals surface area contributed by atoms with Crippen molar-refractivity contribution in [3.05, 3.63) is 70.8 Å². The summed E-state index contributed by atoms with van der Waals surface area (Å²) in [5.41, 5.74) is 1.69. The first-order valence-electron chi connectivity index (χ1n) is 9.41. The number of imide groups is 1. The van der Waals surface area contributed by atoms with Crippen molar-refractivity contribution in [1.29, 1.82) is 5.26 Å². The second-order valence-electron chi connectivity index (χ2n) is 7.17. The highest BCUT2D eigenvalue weighted by molar-refractivity contribution is 6.09. The van der Waals surface area contributed by atoms with Gasteiger partial charge in [-0.05, 0) is 36.5 Å². The number of benzene rings is 2. The van der Waals surface area contributed by atoms with Crippen LogP contribution in [0.2, 0.25) is 0 Å². The molecule has 4 rings (SSSR count). The van der Waals surface area contributed by atoms with Crippen molar-refractivity contribution in [2.45, 2.75) is 31.4 Å².